The summed E-state index contributed by atoms with van der Waals surface area (Å²) in [6.45, 7) is 3.50. The van der Waals surface area contributed by atoms with Crippen LogP contribution in [0.4, 0.5) is 11.4 Å². The summed E-state index contributed by atoms with van der Waals surface area (Å²) in [5.41, 5.74) is 7.33. The molecule has 5 heteroatoms. The van der Waals surface area contributed by atoms with Crippen molar-refractivity contribution in [3.63, 3.8) is 0 Å². The normalized spacial score (nSPS) is 25.8. The number of nitrogen functional groups attached to an aromatic ring is 1. The zero-order valence-electron chi connectivity index (χ0n) is 9.34. The second kappa shape index (κ2) is 4.67. The van der Waals surface area contributed by atoms with E-state index in [0.717, 1.165) is 12.2 Å². The predicted octanol–water partition coefficient (Wildman–Crippen LogP) is 0.250. The average Bonchev–Trinajstić information content (AvgIpc) is 2.28. The first-order valence-electron chi connectivity index (χ1n) is 5.41. The van der Waals surface area contributed by atoms with E-state index in [1.165, 1.54) is 0 Å². The Morgan fingerprint density at radius 2 is 2.38 bits per heavy atom. The standard InChI is InChI=1S/C11H17N3O2/c1-8-5-14(6-11(7-15)16-8)10-2-9(12)3-13-4-10/h2-4,8,11,15H,5-7,12H2,1H3. The molecule has 0 radical (unpaired) electrons. The van der Waals surface area contributed by atoms with Crippen LogP contribution in [0.3, 0.4) is 0 Å². The van der Waals surface area contributed by atoms with Gasteiger partial charge in [-0.05, 0) is 13.0 Å². The van der Waals surface area contributed by atoms with Crippen molar-refractivity contribution in [2.75, 3.05) is 30.3 Å². The molecule has 1 aliphatic heterocycles. The number of aliphatic hydroxyl groups excluding tert-OH is 1. The third-order valence-electron chi connectivity index (χ3n) is 2.64. The van der Waals surface area contributed by atoms with Gasteiger partial charge < -0.3 is 20.5 Å². The molecule has 0 aliphatic carbocycles. The van der Waals surface area contributed by atoms with E-state index in [0.29, 0.717) is 12.2 Å². The number of hydrogen-bond donors (Lipinski definition) is 2. The molecule has 5 nitrogen and oxygen atoms in total. The average molecular weight is 223 g/mol. The summed E-state index contributed by atoms with van der Waals surface area (Å²) in [5.74, 6) is 0. The molecule has 0 bridgehead atoms. The summed E-state index contributed by atoms with van der Waals surface area (Å²) in [4.78, 5) is 6.20. The molecule has 16 heavy (non-hydrogen) atoms. The first-order valence-corrected chi connectivity index (χ1v) is 5.41. The van der Waals surface area contributed by atoms with Crippen molar-refractivity contribution >= 4 is 11.4 Å². The number of nitrogens with two attached hydrogens (primary N) is 1. The molecule has 1 fully saturated rings. The molecule has 2 unspecified atom stereocenters. The molecule has 2 heterocycles. The van der Waals surface area contributed by atoms with Gasteiger partial charge in [-0.15, -0.1) is 0 Å². The lowest BCUT2D eigenvalue weighted by atomic mass is 10.2. The summed E-state index contributed by atoms with van der Waals surface area (Å²) in [6, 6.07) is 1.89. The fraction of sp³-hybridized carbons (Fsp3) is 0.545. The van der Waals surface area contributed by atoms with Gasteiger partial charge in [0.15, 0.2) is 0 Å². The minimum Gasteiger partial charge on any atom is -0.397 e. The number of rotatable bonds is 2. The van der Waals surface area contributed by atoms with Gasteiger partial charge >= 0.3 is 0 Å². The minimum absolute atomic E-state index is 0.0383. The van der Waals surface area contributed by atoms with Crippen molar-refractivity contribution in [2.24, 2.45) is 0 Å². The molecule has 1 saturated heterocycles. The van der Waals surface area contributed by atoms with E-state index < -0.39 is 0 Å². The zero-order chi connectivity index (χ0) is 11.5. The maximum absolute atomic E-state index is 9.14. The van der Waals surface area contributed by atoms with Gasteiger partial charge in [-0.2, -0.15) is 0 Å². The molecule has 0 aromatic carbocycles. The minimum atomic E-state index is -0.134. The number of aromatic nitrogens is 1. The molecular weight excluding hydrogens is 206 g/mol. The Morgan fingerprint density at radius 3 is 3.06 bits per heavy atom. The smallest absolute Gasteiger partial charge is 0.0984 e. The van der Waals surface area contributed by atoms with Crippen LogP contribution in [0.2, 0.25) is 0 Å². The Balaban J connectivity index is 2.14. The molecule has 1 aliphatic rings. The van der Waals surface area contributed by atoms with E-state index >= 15 is 0 Å². The van der Waals surface area contributed by atoms with E-state index in [9.17, 15) is 0 Å². The summed E-state index contributed by atoms with van der Waals surface area (Å²) in [5, 5.41) is 9.14. The Labute approximate surface area is 94.8 Å². The van der Waals surface area contributed by atoms with Crippen molar-refractivity contribution in [3.05, 3.63) is 18.5 Å². The first kappa shape index (κ1) is 11.2. The van der Waals surface area contributed by atoms with E-state index in [1.54, 1.807) is 12.4 Å². The van der Waals surface area contributed by atoms with Crippen LogP contribution in [-0.2, 0) is 4.74 Å². The number of ether oxygens (including phenoxy) is 1. The fourth-order valence-corrected chi connectivity index (χ4v) is 1.97. The lowest BCUT2D eigenvalue weighted by Crippen LogP contribution is -2.48. The predicted molar refractivity (Wildman–Crippen MR) is 62.3 cm³/mol. The summed E-state index contributed by atoms with van der Waals surface area (Å²) >= 11 is 0. The second-order valence-electron chi connectivity index (χ2n) is 4.13. The molecule has 1 aromatic heterocycles. The van der Waals surface area contributed by atoms with Gasteiger partial charge in [0.1, 0.15) is 0 Å². The Hall–Kier alpha value is -1.33. The first-order chi connectivity index (χ1) is 7.69. The van der Waals surface area contributed by atoms with Crippen LogP contribution in [0.1, 0.15) is 6.92 Å². The molecule has 0 saturated carbocycles. The third kappa shape index (κ3) is 2.43. The molecule has 2 atom stereocenters. The van der Waals surface area contributed by atoms with Gasteiger partial charge in [-0.25, -0.2) is 0 Å². The third-order valence-corrected chi connectivity index (χ3v) is 2.64. The van der Waals surface area contributed by atoms with Crippen molar-refractivity contribution in [2.45, 2.75) is 19.1 Å². The molecule has 1 aromatic rings. The summed E-state index contributed by atoms with van der Waals surface area (Å²) in [7, 11) is 0. The number of morpholine rings is 1. The monoisotopic (exact) mass is 223 g/mol. The molecule has 88 valence electrons. The number of aliphatic hydroxyl groups is 1. The fourth-order valence-electron chi connectivity index (χ4n) is 1.97. The van der Waals surface area contributed by atoms with Crippen molar-refractivity contribution in [1.29, 1.82) is 0 Å². The number of anilines is 2. The highest BCUT2D eigenvalue weighted by Gasteiger charge is 2.24. The van der Waals surface area contributed by atoms with Crippen molar-refractivity contribution < 1.29 is 9.84 Å². The molecule has 2 rings (SSSR count). The lowest BCUT2D eigenvalue weighted by Gasteiger charge is -2.37. The second-order valence-corrected chi connectivity index (χ2v) is 4.13. The van der Waals surface area contributed by atoms with Gasteiger partial charge in [0.2, 0.25) is 0 Å². The van der Waals surface area contributed by atoms with E-state index in [1.807, 2.05) is 13.0 Å². The number of nitrogens with zero attached hydrogens (tertiary/aromatic N) is 2. The Bertz CT molecular complexity index is 359. The highest BCUT2D eigenvalue weighted by molar-refractivity contribution is 5.53. The van der Waals surface area contributed by atoms with Crippen molar-refractivity contribution in [1.82, 2.24) is 4.98 Å². The zero-order valence-corrected chi connectivity index (χ0v) is 9.34. The summed E-state index contributed by atoms with van der Waals surface area (Å²) < 4.78 is 5.57. The van der Waals surface area contributed by atoms with Crippen LogP contribution in [0, 0.1) is 0 Å². The molecule has 0 amide bonds. The van der Waals surface area contributed by atoms with Gasteiger partial charge in [-0.1, -0.05) is 0 Å². The van der Waals surface area contributed by atoms with Gasteiger partial charge in [0.25, 0.3) is 0 Å². The van der Waals surface area contributed by atoms with Crippen LogP contribution in [-0.4, -0.2) is 42.0 Å². The van der Waals surface area contributed by atoms with E-state index in [2.05, 4.69) is 9.88 Å². The van der Waals surface area contributed by atoms with Gasteiger partial charge in [0, 0.05) is 19.3 Å². The van der Waals surface area contributed by atoms with E-state index in [4.69, 9.17) is 15.6 Å². The number of pyridine rings is 1. The largest absolute Gasteiger partial charge is 0.397 e. The molecular formula is C11H17N3O2. The molecule has 3 N–H and O–H groups in total. The SMILES string of the molecule is CC1CN(c2cncc(N)c2)CC(CO)O1. The Kier molecular flexibility index (Phi) is 3.26. The lowest BCUT2D eigenvalue weighted by molar-refractivity contribution is -0.0421. The van der Waals surface area contributed by atoms with Crippen molar-refractivity contribution in [3.8, 4) is 0 Å². The Morgan fingerprint density at radius 1 is 1.56 bits per heavy atom. The van der Waals surface area contributed by atoms with E-state index in [-0.39, 0.29) is 18.8 Å². The number of hydrogen-bond acceptors (Lipinski definition) is 5. The summed E-state index contributed by atoms with van der Waals surface area (Å²) in [6.07, 6.45) is 3.37. The highest BCUT2D eigenvalue weighted by atomic mass is 16.5. The highest BCUT2D eigenvalue weighted by Crippen LogP contribution is 2.20. The van der Waals surface area contributed by atoms with Crippen LogP contribution < -0.4 is 10.6 Å². The quantitative estimate of drug-likeness (QED) is 0.752. The van der Waals surface area contributed by atoms with Gasteiger partial charge in [-0.3, -0.25) is 4.98 Å². The topological polar surface area (TPSA) is 71.6 Å². The van der Waals surface area contributed by atoms with Crippen LogP contribution in [0.15, 0.2) is 18.5 Å². The van der Waals surface area contributed by atoms with Gasteiger partial charge in [0.05, 0.1) is 36.4 Å². The van der Waals surface area contributed by atoms with Crippen LogP contribution in [0.25, 0.3) is 0 Å². The maximum atomic E-state index is 9.14. The molecule has 0 spiro atoms. The van der Waals surface area contributed by atoms with Crippen LogP contribution >= 0.6 is 0 Å². The maximum Gasteiger partial charge on any atom is 0.0984 e. The van der Waals surface area contributed by atoms with Crippen LogP contribution in [0.5, 0.6) is 0 Å².